The molecule has 0 saturated heterocycles. The molecule has 0 bridgehead atoms. The van der Waals surface area contributed by atoms with Crippen molar-refractivity contribution < 1.29 is 13.6 Å². The molecule has 1 aromatic heterocycles. The zero-order valence-electron chi connectivity index (χ0n) is 13.2. The zero-order chi connectivity index (χ0) is 17.0. The molecular formula is C15H19FN4O2S. The summed E-state index contributed by atoms with van der Waals surface area (Å²) >= 11 is 5.10. The lowest BCUT2D eigenvalue weighted by molar-refractivity contribution is -0.122. The van der Waals surface area contributed by atoms with Crippen LogP contribution in [-0.4, -0.2) is 40.2 Å². The number of amides is 1. The van der Waals surface area contributed by atoms with Gasteiger partial charge in [0, 0.05) is 6.04 Å². The van der Waals surface area contributed by atoms with Crippen LogP contribution in [0.1, 0.15) is 13.8 Å². The highest BCUT2D eigenvalue weighted by atomic mass is 32.1. The van der Waals surface area contributed by atoms with E-state index in [1.54, 1.807) is 30.1 Å². The number of rotatable bonds is 6. The first-order valence-corrected chi connectivity index (χ1v) is 7.58. The summed E-state index contributed by atoms with van der Waals surface area (Å²) in [6.45, 7) is 4.25. The van der Waals surface area contributed by atoms with Crippen LogP contribution in [0.5, 0.6) is 0 Å². The molecule has 2 rings (SSSR count). The number of nitrogens with zero attached hydrogens (tertiary/aromatic N) is 3. The van der Waals surface area contributed by atoms with Crippen molar-refractivity contribution in [2.75, 3.05) is 13.6 Å². The Labute approximate surface area is 138 Å². The molecule has 1 heterocycles. The van der Waals surface area contributed by atoms with Gasteiger partial charge in [-0.05, 0) is 45.2 Å². The van der Waals surface area contributed by atoms with Gasteiger partial charge in [-0.15, -0.1) is 5.10 Å². The molecule has 0 saturated carbocycles. The smallest absolute Gasteiger partial charge is 0.288 e. The Kier molecular flexibility index (Phi) is 5.62. The van der Waals surface area contributed by atoms with E-state index in [1.807, 2.05) is 13.8 Å². The Morgan fingerprint density at radius 1 is 1.48 bits per heavy atom. The summed E-state index contributed by atoms with van der Waals surface area (Å²) in [5.74, 6) is -0.402. The van der Waals surface area contributed by atoms with E-state index in [4.69, 9.17) is 16.6 Å². The van der Waals surface area contributed by atoms with Crippen LogP contribution in [-0.2, 0) is 11.5 Å². The molecule has 1 aromatic carbocycles. The van der Waals surface area contributed by atoms with Crippen LogP contribution in [0.15, 0.2) is 28.7 Å². The van der Waals surface area contributed by atoms with Crippen LogP contribution in [0.2, 0.25) is 0 Å². The van der Waals surface area contributed by atoms with Crippen molar-refractivity contribution in [2.45, 2.75) is 26.6 Å². The fourth-order valence-corrected chi connectivity index (χ4v) is 2.21. The van der Waals surface area contributed by atoms with Crippen LogP contribution >= 0.6 is 12.2 Å². The van der Waals surface area contributed by atoms with E-state index < -0.39 is 5.82 Å². The summed E-state index contributed by atoms with van der Waals surface area (Å²) in [4.78, 5) is 13.6. The Morgan fingerprint density at radius 2 is 2.17 bits per heavy atom. The molecule has 0 atom stereocenters. The highest BCUT2D eigenvalue weighted by molar-refractivity contribution is 7.71. The van der Waals surface area contributed by atoms with Gasteiger partial charge < -0.3 is 9.73 Å². The predicted octanol–water partition coefficient (Wildman–Crippen LogP) is 2.43. The van der Waals surface area contributed by atoms with E-state index in [-0.39, 0.29) is 41.5 Å². The lowest BCUT2D eigenvalue weighted by Gasteiger charge is -2.16. The summed E-state index contributed by atoms with van der Waals surface area (Å²) < 4.78 is 20.5. The fraction of sp³-hybridized carbons (Fsp3) is 0.400. The van der Waals surface area contributed by atoms with Crippen LogP contribution in [0.4, 0.5) is 4.39 Å². The molecular weight excluding hydrogens is 319 g/mol. The summed E-state index contributed by atoms with van der Waals surface area (Å²) in [5.41, 5.74) is 0.248. The summed E-state index contributed by atoms with van der Waals surface area (Å²) in [6.07, 6.45) is 0. The number of hydrogen-bond acceptors (Lipinski definition) is 5. The topological polar surface area (TPSA) is 63.3 Å². The normalized spacial score (nSPS) is 11.2. The molecule has 0 spiro atoms. The number of benzene rings is 1. The zero-order valence-corrected chi connectivity index (χ0v) is 14.1. The van der Waals surface area contributed by atoms with Crippen LogP contribution < -0.4 is 5.32 Å². The van der Waals surface area contributed by atoms with E-state index >= 15 is 0 Å². The van der Waals surface area contributed by atoms with Crippen LogP contribution in [0.3, 0.4) is 0 Å². The average molecular weight is 338 g/mol. The number of carbonyl (C=O) groups is 1. The SMILES string of the molecule is CC(C)NC(=O)CN(C)Cn1nc(-c2ccccc2F)oc1=S. The Bertz CT molecular complexity index is 741. The predicted molar refractivity (Wildman–Crippen MR) is 86.6 cm³/mol. The van der Waals surface area contributed by atoms with Crippen molar-refractivity contribution >= 4 is 18.1 Å². The van der Waals surface area contributed by atoms with Gasteiger partial charge in [-0.25, -0.2) is 9.07 Å². The lowest BCUT2D eigenvalue weighted by Crippen LogP contribution is -2.39. The maximum absolute atomic E-state index is 13.8. The summed E-state index contributed by atoms with van der Waals surface area (Å²) in [7, 11) is 1.76. The highest BCUT2D eigenvalue weighted by Gasteiger charge is 2.14. The molecule has 0 fully saturated rings. The number of carbonyl (C=O) groups excluding carboxylic acids is 1. The van der Waals surface area contributed by atoms with Crippen molar-refractivity contribution in [3.05, 3.63) is 34.9 Å². The van der Waals surface area contributed by atoms with Gasteiger partial charge in [0.15, 0.2) is 0 Å². The third-order valence-corrected chi connectivity index (χ3v) is 3.24. The van der Waals surface area contributed by atoms with Gasteiger partial charge in [-0.3, -0.25) is 9.69 Å². The third kappa shape index (κ3) is 4.70. The number of aromatic nitrogens is 2. The first kappa shape index (κ1) is 17.3. The summed E-state index contributed by atoms with van der Waals surface area (Å²) in [6, 6.07) is 6.26. The lowest BCUT2D eigenvalue weighted by atomic mass is 10.2. The second kappa shape index (κ2) is 7.47. The molecule has 0 aliphatic carbocycles. The van der Waals surface area contributed by atoms with Gasteiger partial charge in [0.25, 0.3) is 4.84 Å². The van der Waals surface area contributed by atoms with Crippen molar-refractivity contribution in [1.29, 1.82) is 0 Å². The first-order valence-electron chi connectivity index (χ1n) is 7.17. The minimum atomic E-state index is -0.430. The molecule has 23 heavy (non-hydrogen) atoms. The molecule has 1 N–H and O–H groups in total. The molecule has 1 amide bonds. The highest BCUT2D eigenvalue weighted by Crippen LogP contribution is 2.20. The Hall–Kier alpha value is -2.06. The van der Waals surface area contributed by atoms with E-state index in [9.17, 15) is 9.18 Å². The van der Waals surface area contributed by atoms with Crippen LogP contribution in [0, 0.1) is 10.7 Å². The number of halogens is 1. The average Bonchev–Trinajstić information content (AvgIpc) is 2.79. The van der Waals surface area contributed by atoms with Gasteiger partial charge in [-0.1, -0.05) is 12.1 Å². The molecule has 2 aromatic rings. The van der Waals surface area contributed by atoms with Gasteiger partial charge >= 0.3 is 0 Å². The summed E-state index contributed by atoms with van der Waals surface area (Å²) in [5, 5.41) is 6.98. The van der Waals surface area contributed by atoms with Gasteiger partial charge in [0.2, 0.25) is 11.8 Å². The van der Waals surface area contributed by atoms with Crippen molar-refractivity contribution in [3.63, 3.8) is 0 Å². The first-order chi connectivity index (χ1) is 10.9. The Balaban J connectivity index is 2.09. The minimum Gasteiger partial charge on any atom is -0.409 e. The van der Waals surface area contributed by atoms with Crippen LogP contribution in [0.25, 0.3) is 11.5 Å². The Morgan fingerprint density at radius 3 is 2.83 bits per heavy atom. The van der Waals surface area contributed by atoms with Gasteiger partial charge in [0.05, 0.1) is 18.8 Å². The molecule has 6 nitrogen and oxygen atoms in total. The van der Waals surface area contributed by atoms with Crippen molar-refractivity contribution in [3.8, 4) is 11.5 Å². The van der Waals surface area contributed by atoms with Crippen molar-refractivity contribution in [2.24, 2.45) is 0 Å². The third-order valence-electron chi connectivity index (χ3n) is 2.95. The van der Waals surface area contributed by atoms with Crippen molar-refractivity contribution in [1.82, 2.24) is 20.0 Å². The second-order valence-electron chi connectivity index (χ2n) is 5.53. The molecule has 8 heteroatoms. The molecule has 0 aliphatic rings. The molecule has 0 aliphatic heterocycles. The fourth-order valence-electron chi connectivity index (χ4n) is 2.03. The number of nitrogens with one attached hydrogen (secondary N) is 1. The number of likely N-dealkylation sites (N-methyl/N-ethyl adjacent to an activating group) is 1. The van der Waals surface area contributed by atoms with Gasteiger partial charge in [0.1, 0.15) is 5.82 Å². The van der Waals surface area contributed by atoms with Gasteiger partial charge in [-0.2, -0.15) is 0 Å². The quantitative estimate of drug-likeness (QED) is 0.820. The van der Waals surface area contributed by atoms with E-state index in [0.29, 0.717) is 0 Å². The molecule has 0 radical (unpaired) electrons. The standard InChI is InChI=1S/C15H19FN4O2S/c1-10(2)17-13(21)8-19(3)9-20-15(23)22-14(18-20)11-6-4-5-7-12(11)16/h4-7,10H,8-9H2,1-3H3,(H,17,21). The van der Waals surface area contributed by atoms with E-state index in [0.717, 1.165) is 0 Å². The number of hydrogen-bond donors (Lipinski definition) is 1. The second-order valence-corrected chi connectivity index (χ2v) is 5.88. The monoisotopic (exact) mass is 338 g/mol. The molecule has 124 valence electrons. The molecule has 0 unspecified atom stereocenters. The van der Waals surface area contributed by atoms with E-state index in [1.165, 1.54) is 10.7 Å². The maximum Gasteiger partial charge on any atom is 0.288 e. The minimum absolute atomic E-state index is 0.0813. The van der Waals surface area contributed by atoms with E-state index in [2.05, 4.69) is 10.4 Å². The largest absolute Gasteiger partial charge is 0.409 e. The maximum atomic E-state index is 13.8.